The normalized spacial score (nSPS) is 5.98. The van der Waals surface area contributed by atoms with Crippen LogP contribution >= 0.6 is 0 Å². The second kappa shape index (κ2) is 128. The molecule has 0 spiro atoms. The Morgan fingerprint density at radius 3 is 0.686 bits per heavy atom. The fourth-order valence-corrected chi connectivity index (χ4v) is 0.393. The first-order chi connectivity index (χ1) is 23.5. The summed E-state index contributed by atoms with van der Waals surface area (Å²) in [5.74, 6) is 2.78. The Morgan fingerprint density at radius 1 is 0.510 bits per heavy atom. The van der Waals surface area contributed by atoms with Crippen molar-refractivity contribution in [3.8, 4) is 0 Å². The zero-order valence-corrected chi connectivity index (χ0v) is 36.6. The smallest absolute Gasteiger partial charge is 0.240 e. The second-order valence-corrected chi connectivity index (χ2v) is 5.96. The number of hydrogen-bond donors (Lipinski definition) is 10. The predicted molar refractivity (Wildman–Crippen MR) is 211 cm³/mol. The zero-order chi connectivity index (χ0) is 45.6. The monoisotopic (exact) mass is 756 g/mol. The van der Waals surface area contributed by atoms with Crippen molar-refractivity contribution in [3.05, 3.63) is 0 Å². The number of nitrogens with one attached hydrogen (secondary N) is 5. The van der Waals surface area contributed by atoms with Crippen LogP contribution in [-0.4, -0.2) is 73.2 Å². The lowest BCUT2D eigenvalue weighted by atomic mass is 10.6. The van der Waals surface area contributed by atoms with E-state index in [1.54, 1.807) is 7.05 Å². The highest BCUT2D eigenvalue weighted by molar-refractivity contribution is 5.73. The maximum Gasteiger partial charge on any atom is 0.240 e. The number of hydrogen-bond acceptors (Lipinski definition) is 11. The first-order valence-electron chi connectivity index (χ1n) is 16.4. The highest BCUT2D eigenvalue weighted by Gasteiger charge is 1.80. The van der Waals surface area contributed by atoms with Crippen LogP contribution in [0.4, 0.5) is 0 Å². The van der Waals surface area contributed by atoms with E-state index < -0.39 is 5.91 Å². The van der Waals surface area contributed by atoms with Crippen molar-refractivity contribution in [3.63, 3.8) is 0 Å². The van der Waals surface area contributed by atoms with E-state index in [-0.39, 0.29) is 41.4 Å². The Balaban J connectivity index is -0.0000000246. The van der Waals surface area contributed by atoms with E-state index in [0.717, 1.165) is 6.54 Å². The third-order valence-corrected chi connectivity index (χ3v) is 1.38. The standard InChI is InChI=1S/C4H9NO.C3H7NO2.C3H7NO.C2H6N2O.C2H5NO2.3C2H5NO.6C2H6/c1-3-5-4(2)6;1-3(5)4-6-2;1-3(5)4-2;1-2(5)4-3;1-2(4)3-5;3*1-2(3)4;6*1-2/h3H2,1-2H3,(H,5,6);1-2H3,(H,4,5);1-2H3,(H,4,5);3H2,1H3,(H,4,5);5H,1H3,(H,3,4);3*1H3,(H2,3,4);6*1-2H3. The lowest BCUT2D eigenvalue weighted by molar-refractivity contribution is -0.129. The number of rotatable bonds is 2. The fourth-order valence-electron chi connectivity index (χ4n) is 0.393. The van der Waals surface area contributed by atoms with E-state index in [1.807, 2.05) is 95.4 Å². The summed E-state index contributed by atoms with van der Waals surface area (Å²) in [6, 6.07) is 0. The Bertz CT molecular complexity index is 582. The molecule has 318 valence electrons. The summed E-state index contributed by atoms with van der Waals surface area (Å²) in [7, 11) is 2.99. The van der Waals surface area contributed by atoms with Gasteiger partial charge in [-0.3, -0.25) is 53.8 Å². The van der Waals surface area contributed by atoms with Crippen LogP contribution in [0, 0.1) is 0 Å². The van der Waals surface area contributed by atoms with Crippen molar-refractivity contribution in [1.82, 2.24) is 27.0 Å². The van der Waals surface area contributed by atoms with E-state index in [0.29, 0.717) is 0 Å². The van der Waals surface area contributed by atoms with E-state index in [4.69, 9.17) is 5.21 Å². The van der Waals surface area contributed by atoms with Gasteiger partial charge < -0.3 is 27.8 Å². The molecule has 0 atom stereocenters. The van der Waals surface area contributed by atoms with Crippen molar-refractivity contribution in [1.29, 1.82) is 0 Å². The van der Waals surface area contributed by atoms with Gasteiger partial charge in [-0.25, -0.2) is 16.8 Å². The molecule has 0 fully saturated rings. The van der Waals surface area contributed by atoms with E-state index in [2.05, 4.69) is 44.0 Å². The third-order valence-electron chi connectivity index (χ3n) is 1.38. The number of primary amides is 3. The molecule has 0 radical (unpaired) electrons. The second-order valence-electron chi connectivity index (χ2n) is 5.96. The van der Waals surface area contributed by atoms with Crippen LogP contribution in [0.1, 0.15) is 145 Å². The van der Waals surface area contributed by atoms with Crippen molar-refractivity contribution >= 4 is 47.3 Å². The molecule has 14 N–H and O–H groups in total. The zero-order valence-electron chi connectivity index (χ0n) is 36.6. The number of carbonyl (C=O) groups is 8. The molecular weight excluding hydrogens is 670 g/mol. The van der Waals surface area contributed by atoms with Crippen LogP contribution in [-0.2, 0) is 43.2 Å². The molecule has 0 aromatic carbocycles. The summed E-state index contributed by atoms with van der Waals surface area (Å²) in [5, 5.41) is 12.5. The van der Waals surface area contributed by atoms with Crippen LogP contribution in [0.15, 0.2) is 0 Å². The number of hydrazine groups is 1. The Labute approximate surface area is 311 Å². The van der Waals surface area contributed by atoms with Gasteiger partial charge in [0.25, 0.3) is 0 Å². The molecule has 51 heavy (non-hydrogen) atoms. The summed E-state index contributed by atoms with van der Waals surface area (Å²) in [6.07, 6.45) is 0. The van der Waals surface area contributed by atoms with E-state index in [1.165, 1.54) is 68.0 Å². The lowest BCUT2D eigenvalue weighted by Gasteiger charge is -1.90. The number of nitrogens with two attached hydrogens (primary N) is 4. The van der Waals surface area contributed by atoms with Crippen molar-refractivity contribution < 1.29 is 48.4 Å². The van der Waals surface area contributed by atoms with Crippen LogP contribution in [0.2, 0.25) is 0 Å². The van der Waals surface area contributed by atoms with Gasteiger partial charge in [0.1, 0.15) is 0 Å². The van der Waals surface area contributed by atoms with Crippen LogP contribution in [0.5, 0.6) is 0 Å². The molecule has 0 aliphatic carbocycles. The van der Waals surface area contributed by atoms with Crippen LogP contribution in [0.3, 0.4) is 0 Å². The Kier molecular flexibility index (Phi) is 229. The summed E-state index contributed by atoms with van der Waals surface area (Å²) >= 11 is 0. The number of hydroxylamine groups is 2. The molecule has 0 saturated heterocycles. The van der Waals surface area contributed by atoms with Gasteiger partial charge in [-0.2, -0.15) is 0 Å². The average molecular weight is 756 g/mol. The van der Waals surface area contributed by atoms with Crippen molar-refractivity contribution in [2.75, 3.05) is 20.7 Å². The minimum absolute atomic E-state index is 0.00463. The van der Waals surface area contributed by atoms with Crippen LogP contribution in [0.25, 0.3) is 0 Å². The number of carbonyl (C=O) groups excluding carboxylic acids is 8. The lowest BCUT2D eigenvalue weighted by Crippen LogP contribution is -2.26. The molecule has 0 saturated carbocycles. The molecular formula is C32H85N9O10. The van der Waals surface area contributed by atoms with Gasteiger partial charge in [-0.05, 0) is 6.92 Å². The molecule has 0 unspecified atom stereocenters. The minimum Gasteiger partial charge on any atom is -0.370 e. The quantitative estimate of drug-likeness (QED) is 0.0845. The molecule has 0 aliphatic rings. The van der Waals surface area contributed by atoms with Gasteiger partial charge >= 0.3 is 0 Å². The predicted octanol–water partition coefficient (Wildman–Crippen LogP) is 2.72. The summed E-state index contributed by atoms with van der Waals surface area (Å²) in [4.78, 5) is 80.3. The molecule has 19 heteroatoms. The Hall–Kier alpha value is -4.36. The molecule has 19 nitrogen and oxygen atoms in total. The average Bonchev–Trinajstić information content (AvgIpc) is 3.07. The number of amides is 8. The van der Waals surface area contributed by atoms with Crippen LogP contribution < -0.4 is 50.1 Å². The molecule has 0 aliphatic heterocycles. The molecule has 0 rings (SSSR count). The highest BCUT2D eigenvalue weighted by atomic mass is 16.6. The topological polar surface area (TPSA) is 330 Å². The van der Waals surface area contributed by atoms with Gasteiger partial charge in [-0.1, -0.05) is 83.1 Å². The third kappa shape index (κ3) is 1490. The van der Waals surface area contributed by atoms with Gasteiger partial charge in [0.2, 0.25) is 47.3 Å². The first kappa shape index (κ1) is 91.2. The van der Waals surface area contributed by atoms with E-state index >= 15 is 0 Å². The molecule has 0 aromatic rings. The minimum atomic E-state index is -0.440. The van der Waals surface area contributed by atoms with Gasteiger partial charge in [0.05, 0.1) is 7.11 Å². The summed E-state index contributed by atoms with van der Waals surface area (Å²) < 4.78 is 0. The van der Waals surface area contributed by atoms with Gasteiger partial charge in [0.15, 0.2) is 0 Å². The molecule has 0 bridgehead atoms. The van der Waals surface area contributed by atoms with Crippen molar-refractivity contribution in [2.45, 2.75) is 145 Å². The Morgan fingerprint density at radius 2 is 0.686 bits per heavy atom. The largest absolute Gasteiger partial charge is 0.370 e. The molecule has 0 heterocycles. The fraction of sp³-hybridized carbons (Fsp3) is 0.750. The highest BCUT2D eigenvalue weighted by Crippen LogP contribution is 1.54. The van der Waals surface area contributed by atoms with Crippen molar-refractivity contribution in [2.24, 2.45) is 23.0 Å². The summed E-state index contributed by atoms with van der Waals surface area (Å²) in [5.41, 5.74) is 18.8. The van der Waals surface area contributed by atoms with Gasteiger partial charge in [0, 0.05) is 69.0 Å². The van der Waals surface area contributed by atoms with E-state index in [9.17, 15) is 38.4 Å². The first-order valence-corrected chi connectivity index (χ1v) is 16.4. The maximum absolute atomic E-state index is 9.93. The van der Waals surface area contributed by atoms with Gasteiger partial charge in [-0.15, -0.1) is 0 Å². The maximum atomic E-state index is 9.93. The molecule has 8 amide bonds. The molecule has 0 aromatic heterocycles. The summed E-state index contributed by atoms with van der Waals surface area (Å²) in [6.45, 7) is 37.5. The SMILES string of the molecule is CC.CC.CC.CC.CC.CC.CC(=O)NN.CC(=O)NO.CC(N)=O.CC(N)=O.CC(N)=O.CCNC(C)=O.CNC(C)=O.CONC(C)=O.